The van der Waals surface area contributed by atoms with Gasteiger partial charge in [0.05, 0.1) is 28.4 Å². The fraction of sp³-hybridized carbons (Fsp3) is 0.727. The molecule has 1 rings (SSSR count). The summed E-state index contributed by atoms with van der Waals surface area (Å²) >= 11 is 12.2. The molecule has 1 atom stereocenters. The maximum atomic E-state index is 6.23. The summed E-state index contributed by atoms with van der Waals surface area (Å²) in [7, 11) is 3.54. The maximum absolute atomic E-state index is 6.23. The summed E-state index contributed by atoms with van der Waals surface area (Å²) in [5, 5.41) is 8.32. The van der Waals surface area contributed by atoms with Gasteiger partial charge in [0.15, 0.2) is 0 Å². The highest BCUT2D eigenvalue weighted by molar-refractivity contribution is 6.31. The third-order valence-electron chi connectivity index (χ3n) is 2.51. The Morgan fingerprint density at radius 2 is 2.24 bits per heavy atom. The van der Waals surface area contributed by atoms with Gasteiger partial charge in [-0.2, -0.15) is 5.10 Å². The van der Waals surface area contributed by atoms with Gasteiger partial charge in [0, 0.05) is 27.2 Å². The van der Waals surface area contributed by atoms with Crippen molar-refractivity contribution in [1.29, 1.82) is 0 Å². The highest BCUT2D eigenvalue weighted by Crippen LogP contribution is 2.20. The molecule has 0 aliphatic carbocycles. The quantitative estimate of drug-likeness (QED) is 0.776. The molecule has 0 radical (unpaired) electrons. The van der Waals surface area contributed by atoms with Crippen molar-refractivity contribution in [2.45, 2.75) is 25.3 Å². The summed E-state index contributed by atoms with van der Waals surface area (Å²) in [6.07, 6.45) is 0.842. The minimum absolute atomic E-state index is 0.0300. The molecule has 1 aromatic rings. The zero-order valence-corrected chi connectivity index (χ0v) is 12.0. The van der Waals surface area contributed by atoms with E-state index in [0.29, 0.717) is 19.7 Å². The van der Waals surface area contributed by atoms with Gasteiger partial charge in [-0.1, -0.05) is 18.5 Å². The van der Waals surface area contributed by atoms with E-state index in [1.165, 1.54) is 0 Å². The molecule has 4 nitrogen and oxygen atoms in total. The topological polar surface area (TPSA) is 39.1 Å². The van der Waals surface area contributed by atoms with Gasteiger partial charge < -0.3 is 10.1 Å². The first-order valence-electron chi connectivity index (χ1n) is 5.64. The van der Waals surface area contributed by atoms with Gasteiger partial charge in [0.25, 0.3) is 0 Å². The third-order valence-corrected chi connectivity index (χ3v) is 3.23. The average Bonchev–Trinajstić information content (AvgIpc) is 2.56. The predicted molar refractivity (Wildman–Crippen MR) is 70.8 cm³/mol. The highest BCUT2D eigenvalue weighted by atomic mass is 35.5. The zero-order chi connectivity index (χ0) is 12.8. The van der Waals surface area contributed by atoms with Crippen molar-refractivity contribution in [2.24, 2.45) is 7.05 Å². The summed E-state index contributed by atoms with van der Waals surface area (Å²) in [5.74, 6) is 0. The summed E-state index contributed by atoms with van der Waals surface area (Å²) in [6.45, 7) is 3.92. The highest BCUT2D eigenvalue weighted by Gasteiger charge is 2.12. The summed E-state index contributed by atoms with van der Waals surface area (Å²) < 4.78 is 6.77. The molecule has 1 N–H and O–H groups in total. The average molecular weight is 280 g/mol. The molecule has 0 bridgehead atoms. The van der Waals surface area contributed by atoms with Crippen LogP contribution in [-0.2, 0) is 24.8 Å². The first-order chi connectivity index (χ1) is 8.10. The number of halogens is 2. The Morgan fingerprint density at radius 3 is 2.76 bits per heavy atom. The smallest absolute Gasteiger partial charge is 0.0863 e. The van der Waals surface area contributed by atoms with Crippen molar-refractivity contribution in [3.05, 3.63) is 16.4 Å². The van der Waals surface area contributed by atoms with Crippen molar-refractivity contribution in [3.8, 4) is 0 Å². The molecule has 0 spiro atoms. The van der Waals surface area contributed by atoms with Crippen LogP contribution in [0.1, 0.15) is 18.3 Å². The van der Waals surface area contributed by atoms with E-state index < -0.39 is 0 Å². The number of hydrogen-bond donors (Lipinski definition) is 1. The normalized spacial score (nSPS) is 13.0. The fourth-order valence-electron chi connectivity index (χ4n) is 1.60. The Labute approximate surface area is 112 Å². The van der Waals surface area contributed by atoms with Gasteiger partial charge in [-0.25, -0.2) is 0 Å². The van der Waals surface area contributed by atoms with E-state index in [9.17, 15) is 0 Å². The molecule has 1 unspecified atom stereocenters. The maximum Gasteiger partial charge on any atom is 0.0863 e. The number of aryl methyl sites for hydroxylation is 2. The number of nitrogens with one attached hydrogen (secondary N) is 1. The van der Waals surface area contributed by atoms with Crippen LogP contribution in [0.3, 0.4) is 0 Å². The molecule has 0 saturated carbocycles. The lowest BCUT2D eigenvalue weighted by Gasteiger charge is -2.10. The Balaban J connectivity index is 2.49. The van der Waals surface area contributed by atoms with E-state index in [1.54, 1.807) is 7.11 Å². The Bertz CT molecular complexity index is 355. The van der Waals surface area contributed by atoms with E-state index in [1.807, 2.05) is 18.7 Å². The molecular formula is C11H19Cl2N3O. The zero-order valence-electron chi connectivity index (χ0n) is 10.5. The predicted octanol–water partition coefficient (Wildman–Crippen LogP) is 1.98. The van der Waals surface area contributed by atoms with Crippen LogP contribution in [0.15, 0.2) is 0 Å². The number of rotatable bonds is 7. The molecule has 0 aromatic carbocycles. The molecule has 0 aliphatic heterocycles. The molecule has 1 heterocycles. The van der Waals surface area contributed by atoms with E-state index in [2.05, 4.69) is 10.4 Å². The summed E-state index contributed by atoms with van der Waals surface area (Å²) in [4.78, 5) is 0. The van der Waals surface area contributed by atoms with Crippen molar-refractivity contribution in [2.75, 3.05) is 20.3 Å². The second-order valence-corrected chi connectivity index (χ2v) is 4.86. The van der Waals surface area contributed by atoms with Crippen molar-refractivity contribution < 1.29 is 4.74 Å². The largest absolute Gasteiger partial charge is 0.383 e. The molecule has 98 valence electrons. The number of aromatic nitrogens is 2. The van der Waals surface area contributed by atoms with Gasteiger partial charge in [-0.05, 0) is 6.42 Å². The minimum atomic E-state index is -0.0300. The van der Waals surface area contributed by atoms with Gasteiger partial charge in [0.2, 0.25) is 0 Å². The first kappa shape index (κ1) is 14.8. The second kappa shape index (κ2) is 7.21. The van der Waals surface area contributed by atoms with Crippen molar-refractivity contribution >= 4 is 23.2 Å². The summed E-state index contributed by atoms with van der Waals surface area (Å²) in [5.41, 5.74) is 1.93. The van der Waals surface area contributed by atoms with Crippen LogP contribution in [0.5, 0.6) is 0 Å². The van der Waals surface area contributed by atoms with Gasteiger partial charge in [-0.15, -0.1) is 11.6 Å². The van der Waals surface area contributed by atoms with Gasteiger partial charge >= 0.3 is 0 Å². The van der Waals surface area contributed by atoms with Crippen molar-refractivity contribution in [1.82, 2.24) is 15.1 Å². The Hall–Kier alpha value is -0.290. The van der Waals surface area contributed by atoms with Crippen LogP contribution in [0.2, 0.25) is 5.02 Å². The standard InChI is InChI=1S/C11H19Cl2N3O/c1-4-9-11(13)10(16(2)15-9)6-14-5-8(12)7-17-3/h8,14H,4-7H2,1-3H3. The Kier molecular flexibility index (Phi) is 6.27. The van der Waals surface area contributed by atoms with E-state index in [0.717, 1.165) is 22.8 Å². The molecule has 0 fully saturated rings. The van der Waals surface area contributed by atoms with E-state index >= 15 is 0 Å². The lowest BCUT2D eigenvalue weighted by Crippen LogP contribution is -2.26. The number of hydrogen-bond acceptors (Lipinski definition) is 3. The minimum Gasteiger partial charge on any atom is -0.383 e. The van der Waals surface area contributed by atoms with Gasteiger partial charge in [0.1, 0.15) is 0 Å². The van der Waals surface area contributed by atoms with Crippen LogP contribution in [0.4, 0.5) is 0 Å². The van der Waals surface area contributed by atoms with E-state index in [-0.39, 0.29) is 5.38 Å². The number of ether oxygens (including phenoxy) is 1. The monoisotopic (exact) mass is 279 g/mol. The molecule has 0 amide bonds. The lowest BCUT2D eigenvalue weighted by molar-refractivity contribution is 0.197. The van der Waals surface area contributed by atoms with E-state index in [4.69, 9.17) is 27.9 Å². The molecular weight excluding hydrogens is 261 g/mol. The Morgan fingerprint density at radius 1 is 1.53 bits per heavy atom. The number of alkyl halides is 1. The molecule has 0 saturated heterocycles. The summed E-state index contributed by atoms with van der Waals surface area (Å²) in [6, 6.07) is 0. The fourth-order valence-corrected chi connectivity index (χ4v) is 2.19. The van der Waals surface area contributed by atoms with Crippen LogP contribution in [0.25, 0.3) is 0 Å². The second-order valence-electron chi connectivity index (χ2n) is 3.87. The molecule has 6 heteroatoms. The van der Waals surface area contributed by atoms with Gasteiger partial charge in [-0.3, -0.25) is 4.68 Å². The molecule has 17 heavy (non-hydrogen) atoms. The number of methoxy groups -OCH3 is 1. The lowest BCUT2D eigenvalue weighted by atomic mass is 10.3. The third kappa shape index (κ3) is 4.14. The van der Waals surface area contributed by atoms with Crippen LogP contribution in [-0.4, -0.2) is 35.4 Å². The first-order valence-corrected chi connectivity index (χ1v) is 6.45. The number of nitrogens with zero attached hydrogens (tertiary/aromatic N) is 2. The van der Waals surface area contributed by atoms with Crippen LogP contribution >= 0.6 is 23.2 Å². The van der Waals surface area contributed by atoms with Crippen molar-refractivity contribution in [3.63, 3.8) is 0 Å². The molecule has 1 aromatic heterocycles. The SMILES string of the molecule is CCc1nn(C)c(CNCC(Cl)COC)c1Cl. The van der Waals surface area contributed by atoms with Crippen LogP contribution in [0, 0.1) is 0 Å². The van der Waals surface area contributed by atoms with Crippen LogP contribution < -0.4 is 5.32 Å². The molecule has 0 aliphatic rings.